The SMILES string of the molecule is COc1ccc(OC)c(/C=C2/Oc3cc(OC(=O)C4CC4)ccc3C2=O)c1. The molecule has 0 spiro atoms. The van der Waals surface area contributed by atoms with Gasteiger partial charge in [0.25, 0.3) is 0 Å². The number of hydrogen-bond donors (Lipinski definition) is 0. The molecular weight excluding hydrogens is 348 g/mol. The van der Waals surface area contributed by atoms with Gasteiger partial charge in [-0.1, -0.05) is 0 Å². The lowest BCUT2D eigenvalue weighted by atomic mass is 10.1. The molecule has 0 unspecified atom stereocenters. The second kappa shape index (κ2) is 6.79. The summed E-state index contributed by atoms with van der Waals surface area (Å²) < 4.78 is 21.6. The van der Waals surface area contributed by atoms with Gasteiger partial charge >= 0.3 is 5.97 Å². The molecular formula is C21H18O6. The molecule has 1 heterocycles. The molecule has 0 aromatic heterocycles. The minimum atomic E-state index is -0.241. The summed E-state index contributed by atoms with van der Waals surface area (Å²) in [4.78, 5) is 24.4. The van der Waals surface area contributed by atoms with Crippen LogP contribution in [-0.4, -0.2) is 26.0 Å². The number of rotatable bonds is 5. The topological polar surface area (TPSA) is 71.1 Å². The third-order valence-corrected chi connectivity index (χ3v) is 4.49. The van der Waals surface area contributed by atoms with E-state index in [1.807, 2.05) is 0 Å². The Bertz CT molecular complexity index is 955. The maximum Gasteiger partial charge on any atom is 0.314 e. The van der Waals surface area contributed by atoms with Crippen molar-refractivity contribution in [3.8, 4) is 23.0 Å². The van der Waals surface area contributed by atoms with Crippen LogP contribution in [0.15, 0.2) is 42.2 Å². The number of allylic oxidation sites excluding steroid dienone is 1. The number of ether oxygens (including phenoxy) is 4. The predicted molar refractivity (Wildman–Crippen MR) is 97.3 cm³/mol. The molecule has 27 heavy (non-hydrogen) atoms. The molecule has 0 saturated heterocycles. The van der Waals surface area contributed by atoms with Crippen LogP contribution in [0.2, 0.25) is 0 Å². The molecule has 2 aromatic rings. The number of fused-ring (bicyclic) bond motifs is 1. The first-order valence-corrected chi connectivity index (χ1v) is 8.61. The highest BCUT2D eigenvalue weighted by Crippen LogP contribution is 2.37. The van der Waals surface area contributed by atoms with Crippen LogP contribution in [-0.2, 0) is 4.79 Å². The Morgan fingerprint density at radius 2 is 1.85 bits per heavy atom. The van der Waals surface area contributed by atoms with Gasteiger partial charge in [-0.05, 0) is 49.2 Å². The molecule has 0 atom stereocenters. The summed E-state index contributed by atoms with van der Waals surface area (Å²) in [5, 5.41) is 0. The Balaban J connectivity index is 1.61. The Hall–Kier alpha value is -3.28. The van der Waals surface area contributed by atoms with E-state index < -0.39 is 0 Å². The molecule has 0 amide bonds. The Morgan fingerprint density at radius 1 is 1.07 bits per heavy atom. The van der Waals surface area contributed by atoms with E-state index in [-0.39, 0.29) is 23.4 Å². The van der Waals surface area contributed by atoms with Crippen LogP contribution in [0.4, 0.5) is 0 Å². The molecule has 1 aliphatic carbocycles. The zero-order valence-electron chi connectivity index (χ0n) is 15.0. The highest BCUT2D eigenvalue weighted by Gasteiger charge is 2.33. The van der Waals surface area contributed by atoms with Crippen molar-refractivity contribution in [1.29, 1.82) is 0 Å². The molecule has 0 bridgehead atoms. The smallest absolute Gasteiger partial charge is 0.314 e. The number of benzene rings is 2. The fraction of sp³-hybridized carbons (Fsp3) is 0.238. The molecule has 2 aliphatic rings. The number of Topliss-reactive ketones (excluding diaryl/α,β-unsaturated/α-hetero) is 1. The Morgan fingerprint density at radius 3 is 2.56 bits per heavy atom. The number of esters is 1. The number of ketones is 1. The Kier molecular flexibility index (Phi) is 4.32. The number of hydrogen-bond acceptors (Lipinski definition) is 6. The van der Waals surface area contributed by atoms with E-state index in [2.05, 4.69) is 0 Å². The summed E-state index contributed by atoms with van der Waals surface area (Å²) in [6, 6.07) is 10.1. The number of methoxy groups -OCH3 is 2. The van der Waals surface area contributed by atoms with Gasteiger partial charge in [0, 0.05) is 11.6 Å². The van der Waals surface area contributed by atoms with Gasteiger partial charge in [0.2, 0.25) is 5.78 Å². The van der Waals surface area contributed by atoms with Crippen LogP contribution < -0.4 is 18.9 Å². The molecule has 0 N–H and O–H groups in total. The van der Waals surface area contributed by atoms with E-state index in [4.69, 9.17) is 18.9 Å². The van der Waals surface area contributed by atoms with Crippen LogP contribution in [0.5, 0.6) is 23.0 Å². The Labute approximate surface area is 156 Å². The average Bonchev–Trinajstić information content (AvgIpc) is 3.48. The zero-order valence-corrected chi connectivity index (χ0v) is 15.0. The maximum absolute atomic E-state index is 12.6. The molecule has 1 saturated carbocycles. The summed E-state index contributed by atoms with van der Waals surface area (Å²) in [5.74, 6) is 1.66. The van der Waals surface area contributed by atoms with Crippen molar-refractivity contribution in [2.75, 3.05) is 14.2 Å². The monoisotopic (exact) mass is 366 g/mol. The van der Waals surface area contributed by atoms with E-state index >= 15 is 0 Å². The van der Waals surface area contributed by atoms with Gasteiger partial charge in [-0.2, -0.15) is 0 Å². The van der Waals surface area contributed by atoms with Gasteiger partial charge in [-0.25, -0.2) is 0 Å². The normalized spacial score (nSPS) is 16.7. The molecule has 4 rings (SSSR count). The lowest BCUT2D eigenvalue weighted by molar-refractivity contribution is -0.135. The molecule has 2 aromatic carbocycles. The largest absolute Gasteiger partial charge is 0.497 e. The van der Waals surface area contributed by atoms with Gasteiger partial charge in [-0.15, -0.1) is 0 Å². The second-order valence-corrected chi connectivity index (χ2v) is 6.40. The van der Waals surface area contributed by atoms with Crippen molar-refractivity contribution in [2.45, 2.75) is 12.8 Å². The summed E-state index contributed by atoms with van der Waals surface area (Å²) >= 11 is 0. The first-order chi connectivity index (χ1) is 13.1. The van der Waals surface area contributed by atoms with Crippen LogP contribution in [0.25, 0.3) is 6.08 Å². The molecule has 138 valence electrons. The zero-order chi connectivity index (χ0) is 19.0. The molecule has 6 heteroatoms. The quantitative estimate of drug-likeness (QED) is 0.457. The van der Waals surface area contributed by atoms with Crippen molar-refractivity contribution >= 4 is 17.8 Å². The molecule has 1 fully saturated rings. The van der Waals surface area contributed by atoms with Gasteiger partial charge in [-0.3, -0.25) is 9.59 Å². The standard InChI is InChI=1S/C21H18O6/c1-24-14-6-8-17(25-2)13(9-14)10-19-20(22)16-7-5-15(11-18(16)27-19)26-21(23)12-3-4-12/h5-12H,3-4H2,1-2H3/b19-10+. The fourth-order valence-corrected chi connectivity index (χ4v) is 2.84. The molecule has 0 radical (unpaired) electrons. The van der Waals surface area contributed by atoms with E-state index in [1.54, 1.807) is 56.7 Å². The summed E-state index contributed by atoms with van der Waals surface area (Å²) in [7, 11) is 3.12. The first kappa shape index (κ1) is 17.1. The van der Waals surface area contributed by atoms with E-state index in [9.17, 15) is 9.59 Å². The van der Waals surface area contributed by atoms with Crippen molar-refractivity contribution in [3.63, 3.8) is 0 Å². The lowest BCUT2D eigenvalue weighted by Gasteiger charge is -2.08. The molecule has 6 nitrogen and oxygen atoms in total. The highest BCUT2D eigenvalue weighted by atomic mass is 16.5. The third kappa shape index (κ3) is 3.38. The van der Waals surface area contributed by atoms with Crippen molar-refractivity contribution in [2.24, 2.45) is 5.92 Å². The van der Waals surface area contributed by atoms with Gasteiger partial charge < -0.3 is 18.9 Å². The first-order valence-electron chi connectivity index (χ1n) is 8.61. The van der Waals surface area contributed by atoms with Crippen LogP contribution in [0, 0.1) is 5.92 Å². The van der Waals surface area contributed by atoms with E-state index in [0.717, 1.165) is 12.8 Å². The van der Waals surface area contributed by atoms with Crippen LogP contribution in [0.1, 0.15) is 28.8 Å². The van der Waals surface area contributed by atoms with Crippen molar-refractivity contribution in [3.05, 3.63) is 53.3 Å². The van der Waals surface area contributed by atoms with Gasteiger partial charge in [0.1, 0.15) is 23.0 Å². The summed E-state index contributed by atoms with van der Waals surface area (Å²) in [5.41, 5.74) is 1.09. The van der Waals surface area contributed by atoms with Crippen LogP contribution >= 0.6 is 0 Å². The van der Waals surface area contributed by atoms with Gasteiger partial charge in [0.05, 0.1) is 25.7 Å². The predicted octanol–water partition coefficient (Wildman–Crippen LogP) is 3.64. The average molecular weight is 366 g/mol. The second-order valence-electron chi connectivity index (χ2n) is 6.40. The van der Waals surface area contributed by atoms with Crippen LogP contribution in [0.3, 0.4) is 0 Å². The van der Waals surface area contributed by atoms with E-state index in [0.29, 0.717) is 34.1 Å². The molecule has 1 aliphatic heterocycles. The number of carbonyl (C=O) groups is 2. The third-order valence-electron chi connectivity index (χ3n) is 4.49. The van der Waals surface area contributed by atoms with Crippen molar-refractivity contribution in [1.82, 2.24) is 0 Å². The fourth-order valence-electron chi connectivity index (χ4n) is 2.84. The number of carbonyl (C=O) groups excluding carboxylic acids is 2. The summed E-state index contributed by atoms with van der Waals surface area (Å²) in [6.07, 6.45) is 3.35. The van der Waals surface area contributed by atoms with Crippen molar-refractivity contribution < 1.29 is 28.5 Å². The maximum atomic E-state index is 12.6. The minimum Gasteiger partial charge on any atom is -0.497 e. The highest BCUT2D eigenvalue weighted by molar-refractivity contribution is 6.14. The summed E-state index contributed by atoms with van der Waals surface area (Å²) in [6.45, 7) is 0. The van der Waals surface area contributed by atoms with Gasteiger partial charge in [0.15, 0.2) is 5.76 Å². The van der Waals surface area contributed by atoms with E-state index in [1.165, 1.54) is 0 Å². The lowest BCUT2D eigenvalue weighted by Crippen LogP contribution is -2.09. The minimum absolute atomic E-state index is 0.00297.